The zero-order valence-corrected chi connectivity index (χ0v) is 12.1. The van der Waals surface area contributed by atoms with Crippen LogP contribution in [0.3, 0.4) is 0 Å². The van der Waals surface area contributed by atoms with Crippen molar-refractivity contribution in [2.75, 3.05) is 6.54 Å². The number of hydrogen-bond donors (Lipinski definition) is 3. The maximum Gasteiger partial charge on any atom is 0.0794 e. The van der Waals surface area contributed by atoms with Gasteiger partial charge in [-0.3, -0.25) is 5.10 Å². The van der Waals surface area contributed by atoms with Gasteiger partial charge in [-0.15, -0.1) is 0 Å². The van der Waals surface area contributed by atoms with Crippen LogP contribution in [0.25, 0.3) is 0 Å². The Hall–Kier alpha value is -0.870. The van der Waals surface area contributed by atoms with Crippen molar-refractivity contribution >= 4 is 0 Å². The number of nitrogens with zero attached hydrogens (tertiary/aromatic N) is 1. The molecule has 0 fully saturated rings. The quantitative estimate of drug-likeness (QED) is 0.746. The van der Waals surface area contributed by atoms with Crippen molar-refractivity contribution in [1.82, 2.24) is 20.8 Å². The number of nitrogens with one attached hydrogen (secondary N) is 3. The van der Waals surface area contributed by atoms with E-state index in [9.17, 15) is 0 Å². The van der Waals surface area contributed by atoms with E-state index in [-0.39, 0.29) is 5.54 Å². The van der Waals surface area contributed by atoms with Gasteiger partial charge in [0.15, 0.2) is 0 Å². The summed E-state index contributed by atoms with van der Waals surface area (Å²) in [6.45, 7) is 10.7. The number of hydrogen-bond acceptors (Lipinski definition) is 3. The van der Waals surface area contributed by atoms with E-state index < -0.39 is 0 Å². The molecule has 4 nitrogen and oxygen atoms in total. The molecule has 0 saturated heterocycles. The molecule has 1 atom stereocenters. The van der Waals surface area contributed by atoms with Gasteiger partial charge in [0, 0.05) is 30.4 Å². The highest BCUT2D eigenvalue weighted by Crippen LogP contribution is 2.22. The third-order valence-electron chi connectivity index (χ3n) is 3.45. The monoisotopic (exact) mass is 250 g/mol. The molecule has 0 radical (unpaired) electrons. The summed E-state index contributed by atoms with van der Waals surface area (Å²) < 4.78 is 0. The van der Waals surface area contributed by atoms with Crippen molar-refractivity contribution < 1.29 is 0 Å². The Morgan fingerprint density at radius 1 is 1.33 bits per heavy atom. The van der Waals surface area contributed by atoms with E-state index in [1.807, 2.05) is 0 Å². The Labute approximate surface area is 110 Å². The second-order valence-electron chi connectivity index (χ2n) is 6.39. The van der Waals surface area contributed by atoms with Crippen LogP contribution in [0.5, 0.6) is 0 Å². The third kappa shape index (κ3) is 3.56. The van der Waals surface area contributed by atoms with Gasteiger partial charge in [0.1, 0.15) is 0 Å². The predicted octanol–water partition coefficient (Wildman–Crippen LogP) is 1.76. The van der Waals surface area contributed by atoms with Crippen LogP contribution in [0.2, 0.25) is 0 Å². The lowest BCUT2D eigenvalue weighted by Gasteiger charge is -2.24. The second kappa shape index (κ2) is 5.41. The molecule has 0 saturated carbocycles. The molecule has 1 heterocycles. The number of rotatable bonds is 5. The predicted molar refractivity (Wildman–Crippen MR) is 74.7 cm³/mol. The maximum absolute atomic E-state index is 4.41. The van der Waals surface area contributed by atoms with E-state index >= 15 is 0 Å². The van der Waals surface area contributed by atoms with Gasteiger partial charge in [0.25, 0.3) is 0 Å². The van der Waals surface area contributed by atoms with Crippen LogP contribution in [0.1, 0.15) is 51.1 Å². The minimum Gasteiger partial charge on any atom is -0.311 e. The molecule has 1 aliphatic rings. The van der Waals surface area contributed by atoms with Crippen molar-refractivity contribution in [2.45, 2.75) is 65.1 Å². The SMILES string of the molecule is CC(CNC(C)(C)C)NCc1n[nH]c2c1CCC2. The first-order chi connectivity index (χ1) is 8.46. The fourth-order valence-corrected chi connectivity index (χ4v) is 2.34. The lowest BCUT2D eigenvalue weighted by Crippen LogP contribution is -2.44. The Morgan fingerprint density at radius 3 is 2.83 bits per heavy atom. The first-order valence-electron chi connectivity index (χ1n) is 6.99. The minimum absolute atomic E-state index is 0.184. The Bertz CT molecular complexity index is 389. The number of fused-ring (bicyclic) bond motifs is 1. The highest BCUT2D eigenvalue weighted by molar-refractivity contribution is 5.29. The van der Waals surface area contributed by atoms with E-state index in [0.29, 0.717) is 6.04 Å². The number of H-pyrrole nitrogens is 1. The average molecular weight is 250 g/mol. The summed E-state index contributed by atoms with van der Waals surface area (Å²) >= 11 is 0. The van der Waals surface area contributed by atoms with Crippen LogP contribution >= 0.6 is 0 Å². The van der Waals surface area contributed by atoms with E-state index in [1.54, 1.807) is 0 Å². The fraction of sp³-hybridized carbons (Fsp3) is 0.786. The van der Waals surface area contributed by atoms with Crippen LogP contribution in [-0.4, -0.2) is 28.3 Å². The minimum atomic E-state index is 0.184. The molecule has 4 heteroatoms. The topological polar surface area (TPSA) is 52.7 Å². The molecule has 0 spiro atoms. The standard InChI is InChI=1S/C14H26N4/c1-10(8-16-14(2,3)4)15-9-13-11-6-5-7-12(11)17-18-13/h10,15-16H,5-9H2,1-4H3,(H,17,18). The van der Waals surface area contributed by atoms with Crippen molar-refractivity contribution in [3.8, 4) is 0 Å². The molecule has 1 aromatic rings. The molecular weight excluding hydrogens is 224 g/mol. The van der Waals surface area contributed by atoms with Gasteiger partial charge < -0.3 is 10.6 Å². The van der Waals surface area contributed by atoms with Crippen LogP contribution < -0.4 is 10.6 Å². The summed E-state index contributed by atoms with van der Waals surface area (Å²) in [6.07, 6.45) is 3.64. The zero-order chi connectivity index (χ0) is 13.2. The summed E-state index contributed by atoms with van der Waals surface area (Å²) in [5.74, 6) is 0. The van der Waals surface area contributed by atoms with Crippen LogP contribution in [-0.2, 0) is 19.4 Å². The Morgan fingerprint density at radius 2 is 2.11 bits per heavy atom. The molecule has 0 aromatic carbocycles. The van der Waals surface area contributed by atoms with Crippen molar-refractivity contribution in [3.63, 3.8) is 0 Å². The summed E-state index contributed by atoms with van der Waals surface area (Å²) in [4.78, 5) is 0. The third-order valence-corrected chi connectivity index (χ3v) is 3.45. The summed E-state index contributed by atoms with van der Waals surface area (Å²) in [5.41, 5.74) is 4.21. The summed E-state index contributed by atoms with van der Waals surface area (Å²) in [5, 5.41) is 14.6. The first kappa shape index (κ1) is 13.6. The molecule has 1 aromatic heterocycles. The van der Waals surface area contributed by atoms with Gasteiger partial charge in [-0.05, 0) is 52.5 Å². The maximum atomic E-state index is 4.41. The highest BCUT2D eigenvalue weighted by Gasteiger charge is 2.18. The van der Waals surface area contributed by atoms with E-state index in [4.69, 9.17) is 0 Å². The summed E-state index contributed by atoms with van der Waals surface area (Å²) in [6, 6.07) is 0.456. The van der Waals surface area contributed by atoms with Gasteiger partial charge >= 0.3 is 0 Å². The van der Waals surface area contributed by atoms with E-state index in [2.05, 4.69) is 48.5 Å². The van der Waals surface area contributed by atoms with Gasteiger partial charge in [-0.25, -0.2) is 0 Å². The largest absolute Gasteiger partial charge is 0.311 e. The Kier molecular flexibility index (Phi) is 4.07. The second-order valence-corrected chi connectivity index (χ2v) is 6.39. The first-order valence-corrected chi connectivity index (χ1v) is 6.99. The van der Waals surface area contributed by atoms with Gasteiger partial charge in [-0.1, -0.05) is 0 Å². The molecule has 0 amide bonds. The summed E-state index contributed by atoms with van der Waals surface area (Å²) in [7, 11) is 0. The number of aromatic amines is 1. The van der Waals surface area contributed by atoms with Crippen molar-refractivity contribution in [1.29, 1.82) is 0 Å². The van der Waals surface area contributed by atoms with Crippen LogP contribution in [0, 0.1) is 0 Å². The van der Waals surface area contributed by atoms with Crippen LogP contribution in [0.4, 0.5) is 0 Å². The van der Waals surface area contributed by atoms with Crippen molar-refractivity contribution in [2.24, 2.45) is 0 Å². The molecule has 102 valence electrons. The molecule has 0 bridgehead atoms. The van der Waals surface area contributed by atoms with E-state index in [1.165, 1.54) is 36.2 Å². The molecule has 1 unspecified atom stereocenters. The van der Waals surface area contributed by atoms with E-state index in [0.717, 1.165) is 13.1 Å². The van der Waals surface area contributed by atoms with Crippen molar-refractivity contribution in [3.05, 3.63) is 17.0 Å². The molecule has 2 rings (SSSR count). The highest BCUT2D eigenvalue weighted by atomic mass is 15.1. The molecule has 0 aliphatic heterocycles. The normalized spacial score (nSPS) is 16.9. The molecular formula is C14H26N4. The number of aryl methyl sites for hydroxylation is 1. The zero-order valence-electron chi connectivity index (χ0n) is 12.1. The van der Waals surface area contributed by atoms with Gasteiger partial charge in [0.2, 0.25) is 0 Å². The molecule has 18 heavy (non-hydrogen) atoms. The lowest BCUT2D eigenvalue weighted by atomic mass is 10.1. The Balaban J connectivity index is 1.77. The molecule has 1 aliphatic carbocycles. The average Bonchev–Trinajstić information content (AvgIpc) is 2.85. The smallest absolute Gasteiger partial charge is 0.0794 e. The molecule has 3 N–H and O–H groups in total. The van der Waals surface area contributed by atoms with Crippen LogP contribution in [0.15, 0.2) is 0 Å². The lowest BCUT2D eigenvalue weighted by molar-refractivity contribution is 0.386. The van der Waals surface area contributed by atoms with Gasteiger partial charge in [-0.2, -0.15) is 5.10 Å². The van der Waals surface area contributed by atoms with Gasteiger partial charge in [0.05, 0.1) is 5.69 Å². The fourth-order valence-electron chi connectivity index (χ4n) is 2.34. The number of aromatic nitrogens is 2.